The maximum Gasteiger partial charge on any atom is 0.261 e. The van der Waals surface area contributed by atoms with Crippen LogP contribution in [0.15, 0.2) is 64.6 Å². The van der Waals surface area contributed by atoms with Crippen molar-refractivity contribution in [1.82, 2.24) is 4.90 Å². The Morgan fingerprint density at radius 2 is 1.77 bits per heavy atom. The number of carbonyl (C=O) groups excluding carboxylic acids is 1. The van der Waals surface area contributed by atoms with Crippen molar-refractivity contribution in [2.24, 2.45) is 20.7 Å². The number of hydrogen-bond acceptors (Lipinski definition) is 7. The molecule has 2 unspecified atom stereocenters. The summed E-state index contributed by atoms with van der Waals surface area (Å²) in [6, 6.07) is 13.7. The summed E-state index contributed by atoms with van der Waals surface area (Å²) < 4.78 is 48.8. The van der Waals surface area contributed by atoms with Gasteiger partial charge in [-0.25, -0.2) is 18.3 Å². The van der Waals surface area contributed by atoms with Crippen molar-refractivity contribution >= 4 is 40.1 Å². The highest BCUT2D eigenvalue weighted by atomic mass is 32.2. The first-order valence-corrected chi connectivity index (χ1v) is 18.0. The van der Waals surface area contributed by atoms with E-state index >= 15 is 0 Å². The first-order valence-electron chi connectivity index (χ1n) is 14.4. The molecular formula is C31H43N4O6PS. The number of nitrogens with zero attached hydrogens (tertiary/aromatic N) is 2. The first kappa shape index (κ1) is 32.9. The first-order chi connectivity index (χ1) is 19.9. The lowest BCUT2D eigenvalue weighted by Gasteiger charge is -2.39. The van der Waals surface area contributed by atoms with Crippen molar-refractivity contribution in [1.29, 1.82) is 0 Å². The van der Waals surface area contributed by atoms with Crippen LogP contribution >= 0.6 is 7.29 Å². The van der Waals surface area contributed by atoms with Gasteiger partial charge in [-0.2, -0.15) is 0 Å². The summed E-state index contributed by atoms with van der Waals surface area (Å²) in [5, 5.41) is 20.3. The molecule has 2 atom stereocenters. The minimum Gasteiger partial charge on any atom is -0.509 e. The zero-order valence-corrected chi connectivity index (χ0v) is 27.5. The van der Waals surface area contributed by atoms with Gasteiger partial charge in [0.25, 0.3) is 5.91 Å². The molecule has 2 aromatic rings. The Balaban J connectivity index is 1.74. The maximum absolute atomic E-state index is 14.7. The molecule has 234 valence electrons. The fourth-order valence-electron chi connectivity index (χ4n) is 5.39. The van der Waals surface area contributed by atoms with Gasteiger partial charge in [0.1, 0.15) is 17.2 Å². The van der Waals surface area contributed by atoms with Gasteiger partial charge in [-0.15, -0.1) is 0 Å². The molecule has 0 fully saturated rings. The van der Waals surface area contributed by atoms with Crippen LogP contribution in [0.1, 0.15) is 59.1 Å². The Labute approximate surface area is 254 Å². The molecule has 2 aliphatic rings. The van der Waals surface area contributed by atoms with E-state index in [1.807, 2.05) is 51.1 Å². The molecule has 0 aliphatic carbocycles. The summed E-state index contributed by atoms with van der Waals surface area (Å²) in [6.07, 6.45) is 0.837. The lowest BCUT2D eigenvalue weighted by atomic mass is 9.83. The van der Waals surface area contributed by atoms with Crippen molar-refractivity contribution in [3.63, 3.8) is 0 Å². The molecule has 12 heteroatoms. The van der Waals surface area contributed by atoms with Crippen LogP contribution in [0.2, 0.25) is 0 Å². The molecule has 0 spiro atoms. The molecule has 43 heavy (non-hydrogen) atoms. The zero-order chi connectivity index (χ0) is 31.8. The van der Waals surface area contributed by atoms with Crippen LogP contribution in [-0.4, -0.2) is 55.5 Å². The number of nitrogens with one attached hydrogen (secondary N) is 1. The van der Waals surface area contributed by atoms with E-state index < -0.39 is 34.5 Å². The van der Waals surface area contributed by atoms with E-state index in [4.69, 9.17) is 9.88 Å². The second-order valence-corrected chi connectivity index (χ2v) is 17.3. The minimum atomic E-state index is -3.84. The number of rotatable bonds is 11. The normalized spacial score (nSPS) is 21.1. The van der Waals surface area contributed by atoms with Crippen molar-refractivity contribution < 1.29 is 27.6 Å². The number of benzene rings is 2. The predicted octanol–water partition coefficient (Wildman–Crippen LogP) is 4.92. The number of sulfonamides is 1. The van der Waals surface area contributed by atoms with Crippen LogP contribution in [0.5, 0.6) is 0 Å². The standard InChI is InChI=1S/C31H43N4O6PS/c1-7-31(5,6)20-35-27(30(2,3)4)26(36)25(29(35)37)28-33-23-14-13-22(19-43(32,39)40)17-24(23)42(38,34-28)16-15-41-18-21-11-9-8-10-12-21/h8-14,17,27,36H,7,15-16,18-20H2,1-6H3,(H2,32,39,40)(H,33,34,38). The second-order valence-electron chi connectivity index (χ2n) is 13.2. The van der Waals surface area contributed by atoms with Gasteiger partial charge in [0, 0.05) is 12.7 Å². The number of aliphatic hydroxyl groups is 1. The summed E-state index contributed by atoms with van der Waals surface area (Å²) in [7, 11) is -7.49. The molecule has 0 saturated carbocycles. The molecule has 4 N–H and O–H groups in total. The van der Waals surface area contributed by atoms with Crippen LogP contribution in [0.25, 0.3) is 0 Å². The third-order valence-electron chi connectivity index (χ3n) is 7.89. The average Bonchev–Trinajstić information content (AvgIpc) is 3.15. The van der Waals surface area contributed by atoms with Gasteiger partial charge < -0.3 is 20.1 Å². The average molecular weight is 631 g/mol. The van der Waals surface area contributed by atoms with Gasteiger partial charge in [0.05, 0.1) is 36.0 Å². The van der Waals surface area contributed by atoms with E-state index in [1.54, 1.807) is 17.0 Å². The topological polar surface area (TPSA) is 151 Å². The molecule has 2 aliphatic heterocycles. The van der Waals surface area contributed by atoms with E-state index in [0.717, 1.165) is 12.0 Å². The fraction of sp³-hybridized carbons (Fsp3) is 0.484. The number of amides is 1. The third-order valence-corrected chi connectivity index (χ3v) is 11.1. The number of aliphatic hydroxyl groups excluding tert-OH is 1. The van der Waals surface area contributed by atoms with E-state index in [9.17, 15) is 22.9 Å². The Morgan fingerprint density at radius 1 is 1.09 bits per heavy atom. The number of ether oxygens (including phenoxy) is 1. The summed E-state index contributed by atoms with van der Waals surface area (Å²) in [4.78, 5) is 15.7. The number of primary sulfonamides is 1. The Hall–Kier alpha value is -2.98. The van der Waals surface area contributed by atoms with Gasteiger partial charge >= 0.3 is 0 Å². The molecule has 0 aromatic heterocycles. The monoisotopic (exact) mass is 630 g/mol. The lowest BCUT2D eigenvalue weighted by molar-refractivity contribution is -0.130. The molecule has 4 rings (SSSR count). The van der Waals surface area contributed by atoms with Crippen LogP contribution in [0.3, 0.4) is 0 Å². The van der Waals surface area contributed by atoms with Crippen LogP contribution < -0.4 is 15.8 Å². The largest absolute Gasteiger partial charge is 0.509 e. The maximum atomic E-state index is 14.7. The number of nitrogens with two attached hydrogens (primary N) is 1. The molecule has 0 radical (unpaired) electrons. The number of anilines is 1. The molecule has 10 nitrogen and oxygen atoms in total. The molecule has 1 amide bonds. The van der Waals surface area contributed by atoms with Crippen LogP contribution in [-0.2, 0) is 36.5 Å². The molecule has 2 aromatic carbocycles. The van der Waals surface area contributed by atoms with Gasteiger partial charge in [-0.1, -0.05) is 77.9 Å². The van der Waals surface area contributed by atoms with Crippen molar-refractivity contribution in [3.8, 4) is 0 Å². The highest BCUT2D eigenvalue weighted by Gasteiger charge is 2.49. The van der Waals surface area contributed by atoms with E-state index in [-0.39, 0.29) is 41.3 Å². The molecule has 0 bridgehead atoms. The fourth-order valence-corrected chi connectivity index (χ4v) is 8.21. The molecule has 2 heterocycles. The van der Waals surface area contributed by atoms with Crippen LogP contribution in [0, 0.1) is 10.8 Å². The zero-order valence-electron chi connectivity index (χ0n) is 25.8. The van der Waals surface area contributed by atoms with E-state index in [1.165, 1.54) is 6.07 Å². The van der Waals surface area contributed by atoms with Crippen molar-refractivity contribution in [2.75, 3.05) is 24.6 Å². The van der Waals surface area contributed by atoms with E-state index in [2.05, 4.69) is 30.9 Å². The Bertz CT molecular complexity index is 1600. The van der Waals surface area contributed by atoms with Gasteiger partial charge in [0.2, 0.25) is 17.3 Å². The SMILES string of the molecule is CCC(C)(C)CN1C(=O)C(C2=NP(=O)(CCOCc3ccccc3)c3cc(CS(N)(=O)=O)ccc3N2)=C(O)C1C(C)(C)C. The molecular weight excluding hydrogens is 587 g/mol. The number of fused-ring (bicyclic) bond motifs is 1. The Kier molecular flexibility index (Phi) is 9.33. The number of hydrogen-bond donors (Lipinski definition) is 3. The summed E-state index contributed by atoms with van der Waals surface area (Å²) in [5.41, 5.74) is 1.05. The smallest absolute Gasteiger partial charge is 0.261 e. The molecule has 0 saturated heterocycles. The highest BCUT2D eigenvalue weighted by molar-refractivity contribution is 7.88. The van der Waals surface area contributed by atoms with Crippen LogP contribution in [0.4, 0.5) is 5.69 Å². The third kappa shape index (κ3) is 7.58. The predicted molar refractivity (Wildman–Crippen MR) is 171 cm³/mol. The summed E-state index contributed by atoms with van der Waals surface area (Å²) >= 11 is 0. The number of carbonyl (C=O) groups is 1. The quantitative estimate of drug-likeness (QED) is 0.235. The number of amidine groups is 1. The Morgan fingerprint density at radius 3 is 2.37 bits per heavy atom. The van der Waals surface area contributed by atoms with E-state index in [0.29, 0.717) is 29.7 Å². The second kappa shape index (κ2) is 12.2. The van der Waals surface area contributed by atoms with Gasteiger partial charge in [-0.3, -0.25) is 9.36 Å². The lowest BCUT2D eigenvalue weighted by Crippen LogP contribution is -2.48. The van der Waals surface area contributed by atoms with Gasteiger partial charge in [-0.05, 0) is 40.5 Å². The minimum absolute atomic E-state index is 0.00322. The van der Waals surface area contributed by atoms with Crippen molar-refractivity contribution in [2.45, 2.75) is 66.4 Å². The summed E-state index contributed by atoms with van der Waals surface area (Å²) in [5.74, 6) is -0.892. The van der Waals surface area contributed by atoms with Crippen molar-refractivity contribution in [3.05, 3.63) is 71.0 Å². The van der Waals surface area contributed by atoms with Gasteiger partial charge in [0.15, 0.2) is 0 Å². The highest BCUT2D eigenvalue weighted by Crippen LogP contribution is 2.52. The summed E-state index contributed by atoms with van der Waals surface area (Å²) in [6.45, 7) is 12.9.